The molecule has 3 heterocycles. The molecule has 136 valence electrons. The van der Waals surface area contributed by atoms with Crippen LogP contribution in [0.2, 0.25) is 0 Å². The van der Waals surface area contributed by atoms with Crippen LogP contribution in [0.15, 0.2) is 33.3 Å². The monoisotopic (exact) mass is 380 g/mol. The lowest BCUT2D eigenvalue weighted by molar-refractivity contribution is -0.00801. The number of rotatable bonds is 6. The van der Waals surface area contributed by atoms with E-state index in [9.17, 15) is 0 Å². The van der Waals surface area contributed by atoms with Crippen LogP contribution in [0.5, 0.6) is 0 Å². The van der Waals surface area contributed by atoms with Gasteiger partial charge in [-0.1, -0.05) is 11.8 Å². The van der Waals surface area contributed by atoms with E-state index in [4.69, 9.17) is 4.74 Å². The van der Waals surface area contributed by atoms with Gasteiger partial charge in [-0.3, -0.25) is 9.67 Å². The summed E-state index contributed by atoms with van der Waals surface area (Å²) in [6.45, 7) is 3.24. The van der Waals surface area contributed by atoms with Crippen molar-refractivity contribution in [3.05, 3.63) is 29.5 Å². The molecule has 3 rings (SSSR count). The fourth-order valence-electron chi connectivity index (χ4n) is 2.70. The van der Waals surface area contributed by atoms with Crippen LogP contribution in [0.3, 0.4) is 0 Å². The van der Waals surface area contributed by atoms with Gasteiger partial charge < -0.3 is 15.0 Å². The molecule has 1 saturated heterocycles. The first-order valence-electron chi connectivity index (χ1n) is 8.34. The average Bonchev–Trinajstić information content (AvgIpc) is 3.30. The molecule has 1 N–H and O–H groups in total. The van der Waals surface area contributed by atoms with Crippen molar-refractivity contribution in [2.75, 3.05) is 39.0 Å². The van der Waals surface area contributed by atoms with Crippen molar-refractivity contribution in [2.24, 2.45) is 12.0 Å². The standard InChI is InChI=1S/C16H24N6OS2/c1-17-15(18-4-3-8-24-16-19-5-9-25-16)22-6-7-23-14(12-22)13-10-20-21(2)11-13/h5,9-11,14H,3-4,6-8,12H2,1-2H3,(H,17,18). The first-order chi connectivity index (χ1) is 12.3. The molecule has 2 aromatic heterocycles. The number of hydrogen-bond donors (Lipinski definition) is 1. The van der Waals surface area contributed by atoms with Crippen molar-refractivity contribution in [1.82, 2.24) is 25.0 Å². The van der Waals surface area contributed by atoms with E-state index in [1.54, 1.807) is 23.1 Å². The highest BCUT2D eigenvalue weighted by Gasteiger charge is 2.24. The average molecular weight is 381 g/mol. The van der Waals surface area contributed by atoms with E-state index in [0.717, 1.165) is 47.7 Å². The molecule has 0 spiro atoms. The van der Waals surface area contributed by atoms with Crippen LogP contribution >= 0.6 is 23.1 Å². The summed E-state index contributed by atoms with van der Waals surface area (Å²) in [5.41, 5.74) is 1.11. The zero-order valence-electron chi connectivity index (χ0n) is 14.6. The molecular formula is C16H24N6OS2. The fraction of sp³-hybridized carbons (Fsp3) is 0.562. The number of morpholine rings is 1. The Hall–Kier alpha value is -1.58. The van der Waals surface area contributed by atoms with Crippen LogP contribution in [0.4, 0.5) is 0 Å². The minimum absolute atomic E-state index is 0.0430. The number of thiazole rings is 1. The first kappa shape index (κ1) is 18.2. The van der Waals surface area contributed by atoms with E-state index in [1.807, 2.05) is 42.7 Å². The Bertz CT molecular complexity index is 672. The number of guanidine groups is 1. The molecule has 0 radical (unpaired) electrons. The predicted octanol–water partition coefficient (Wildman–Crippen LogP) is 2.01. The molecule has 25 heavy (non-hydrogen) atoms. The van der Waals surface area contributed by atoms with Crippen molar-refractivity contribution >= 4 is 29.1 Å². The van der Waals surface area contributed by atoms with Crippen LogP contribution in [0, 0.1) is 0 Å². The van der Waals surface area contributed by atoms with E-state index >= 15 is 0 Å². The van der Waals surface area contributed by atoms with Crippen LogP contribution in [0.25, 0.3) is 0 Å². The molecule has 1 aliphatic rings. The topological polar surface area (TPSA) is 67.6 Å². The summed E-state index contributed by atoms with van der Waals surface area (Å²) in [6.07, 6.45) is 6.85. The molecule has 7 nitrogen and oxygen atoms in total. The van der Waals surface area contributed by atoms with Crippen molar-refractivity contribution in [3.63, 3.8) is 0 Å². The van der Waals surface area contributed by atoms with E-state index in [-0.39, 0.29) is 6.10 Å². The van der Waals surface area contributed by atoms with Gasteiger partial charge in [-0.05, 0) is 6.42 Å². The first-order valence-corrected chi connectivity index (χ1v) is 10.2. The van der Waals surface area contributed by atoms with Crippen LogP contribution < -0.4 is 5.32 Å². The van der Waals surface area contributed by atoms with E-state index in [1.165, 1.54) is 0 Å². The molecule has 0 aromatic carbocycles. The van der Waals surface area contributed by atoms with Crippen molar-refractivity contribution in [3.8, 4) is 0 Å². The second kappa shape index (κ2) is 9.21. The van der Waals surface area contributed by atoms with Crippen molar-refractivity contribution in [1.29, 1.82) is 0 Å². The molecule has 0 amide bonds. The predicted molar refractivity (Wildman–Crippen MR) is 102 cm³/mol. The number of thioether (sulfide) groups is 1. The Balaban J connectivity index is 1.44. The molecule has 1 aliphatic heterocycles. The smallest absolute Gasteiger partial charge is 0.193 e. The van der Waals surface area contributed by atoms with Gasteiger partial charge in [-0.15, -0.1) is 11.3 Å². The Morgan fingerprint density at radius 3 is 3.20 bits per heavy atom. The number of ether oxygens (including phenoxy) is 1. The minimum Gasteiger partial charge on any atom is -0.370 e. The SMILES string of the molecule is CN=C(NCCCSc1nccs1)N1CCOC(c2cnn(C)c2)C1. The molecule has 0 bridgehead atoms. The third kappa shape index (κ3) is 5.20. The maximum Gasteiger partial charge on any atom is 0.193 e. The van der Waals surface area contributed by atoms with Gasteiger partial charge in [-0.25, -0.2) is 4.98 Å². The second-order valence-electron chi connectivity index (χ2n) is 5.73. The lowest BCUT2D eigenvalue weighted by Crippen LogP contribution is -2.48. The highest BCUT2D eigenvalue weighted by Crippen LogP contribution is 2.22. The van der Waals surface area contributed by atoms with Crippen LogP contribution in [0.1, 0.15) is 18.1 Å². The summed E-state index contributed by atoms with van der Waals surface area (Å²) in [4.78, 5) is 11.0. The second-order valence-corrected chi connectivity index (χ2v) is 7.96. The summed E-state index contributed by atoms with van der Waals surface area (Å²) in [5, 5.41) is 9.72. The van der Waals surface area contributed by atoms with Gasteiger partial charge in [0.05, 0.1) is 19.3 Å². The normalized spacial score (nSPS) is 18.6. The summed E-state index contributed by atoms with van der Waals surface area (Å²) in [6, 6.07) is 0. The molecule has 1 atom stereocenters. The molecule has 0 saturated carbocycles. The summed E-state index contributed by atoms with van der Waals surface area (Å²) >= 11 is 3.50. The van der Waals surface area contributed by atoms with E-state index in [0.29, 0.717) is 6.61 Å². The summed E-state index contributed by atoms with van der Waals surface area (Å²) in [5.74, 6) is 2.00. The Kier molecular flexibility index (Phi) is 6.71. The third-order valence-electron chi connectivity index (χ3n) is 3.91. The molecule has 1 fully saturated rings. The van der Waals surface area contributed by atoms with E-state index < -0.39 is 0 Å². The largest absolute Gasteiger partial charge is 0.370 e. The molecule has 1 unspecified atom stereocenters. The number of hydrogen-bond acceptors (Lipinski definition) is 6. The lowest BCUT2D eigenvalue weighted by atomic mass is 10.1. The number of nitrogens with zero attached hydrogens (tertiary/aromatic N) is 5. The Labute approximate surface area is 156 Å². The fourth-order valence-corrected chi connectivity index (χ4v) is 4.34. The Morgan fingerprint density at radius 1 is 1.56 bits per heavy atom. The molecule has 2 aromatic rings. The summed E-state index contributed by atoms with van der Waals surface area (Å²) < 4.78 is 8.85. The van der Waals surface area contributed by atoms with Gasteiger partial charge in [0.25, 0.3) is 0 Å². The number of nitrogens with one attached hydrogen (secondary N) is 1. The Morgan fingerprint density at radius 2 is 2.48 bits per heavy atom. The van der Waals surface area contributed by atoms with Gasteiger partial charge in [-0.2, -0.15) is 5.10 Å². The van der Waals surface area contributed by atoms with Crippen LogP contribution in [-0.4, -0.2) is 64.7 Å². The maximum absolute atomic E-state index is 5.90. The third-order valence-corrected chi connectivity index (χ3v) is 5.97. The van der Waals surface area contributed by atoms with Gasteiger partial charge in [0, 0.05) is 56.3 Å². The lowest BCUT2D eigenvalue weighted by Gasteiger charge is -2.34. The van der Waals surface area contributed by atoms with Gasteiger partial charge in [0.15, 0.2) is 5.96 Å². The van der Waals surface area contributed by atoms with Crippen molar-refractivity contribution < 1.29 is 4.74 Å². The number of aryl methyl sites for hydroxylation is 1. The minimum atomic E-state index is 0.0430. The molecule has 0 aliphatic carbocycles. The highest BCUT2D eigenvalue weighted by atomic mass is 32.2. The van der Waals surface area contributed by atoms with Crippen molar-refractivity contribution in [2.45, 2.75) is 16.9 Å². The zero-order chi connectivity index (χ0) is 17.5. The van der Waals surface area contributed by atoms with Gasteiger partial charge in [0.1, 0.15) is 10.4 Å². The zero-order valence-corrected chi connectivity index (χ0v) is 16.2. The quantitative estimate of drug-likeness (QED) is 0.358. The van der Waals surface area contributed by atoms with Gasteiger partial charge in [0.2, 0.25) is 0 Å². The molecular weight excluding hydrogens is 356 g/mol. The molecule has 9 heteroatoms. The number of aliphatic imine (C=N–C) groups is 1. The summed E-state index contributed by atoms with van der Waals surface area (Å²) in [7, 11) is 3.76. The van der Waals surface area contributed by atoms with E-state index in [2.05, 4.69) is 25.3 Å². The maximum atomic E-state index is 5.90. The highest BCUT2D eigenvalue weighted by molar-refractivity contribution is 8.00. The van der Waals surface area contributed by atoms with Gasteiger partial charge >= 0.3 is 0 Å². The van der Waals surface area contributed by atoms with Crippen LogP contribution in [-0.2, 0) is 11.8 Å². The number of aromatic nitrogens is 3.